The third kappa shape index (κ3) is 4.09. The van der Waals surface area contributed by atoms with Gasteiger partial charge in [0.25, 0.3) is 0 Å². The number of hydrogen-bond donors (Lipinski definition) is 1. The molecular weight excluding hydrogens is 265 g/mol. The smallest absolute Gasteiger partial charge is 0.394 e. The van der Waals surface area contributed by atoms with Gasteiger partial charge in [-0.15, -0.1) is 0 Å². The molecule has 1 heterocycles. The molecular formula is C11H17F3N2O3. The molecule has 0 aromatic heterocycles. The van der Waals surface area contributed by atoms with Crippen LogP contribution >= 0.6 is 0 Å². The predicted molar refractivity (Wildman–Crippen MR) is 60.1 cm³/mol. The summed E-state index contributed by atoms with van der Waals surface area (Å²) in [5.41, 5.74) is 0. The van der Waals surface area contributed by atoms with E-state index >= 15 is 0 Å². The summed E-state index contributed by atoms with van der Waals surface area (Å²) in [5, 5.41) is 8.93. The molecule has 5 nitrogen and oxygen atoms in total. The average molecular weight is 282 g/mol. The maximum absolute atomic E-state index is 12.2. The first-order chi connectivity index (χ1) is 8.65. The first-order valence-corrected chi connectivity index (χ1v) is 5.87. The molecule has 0 saturated carbocycles. The number of alkyl halides is 3. The van der Waals surface area contributed by atoms with E-state index in [1.807, 2.05) is 0 Å². The molecule has 0 spiro atoms. The Morgan fingerprint density at radius 2 is 2.16 bits per heavy atom. The number of hydrogen-bond acceptors (Lipinski definition) is 3. The monoisotopic (exact) mass is 282 g/mol. The number of amides is 2. The summed E-state index contributed by atoms with van der Waals surface area (Å²) in [4.78, 5) is 25.3. The average Bonchev–Trinajstić information content (AvgIpc) is 2.65. The highest BCUT2D eigenvalue weighted by Gasteiger charge is 2.41. The highest BCUT2D eigenvalue weighted by atomic mass is 19.4. The highest BCUT2D eigenvalue weighted by Crippen LogP contribution is 2.25. The number of likely N-dealkylation sites (tertiary alicyclic amines) is 1. The van der Waals surface area contributed by atoms with E-state index in [1.165, 1.54) is 11.9 Å². The van der Waals surface area contributed by atoms with Crippen LogP contribution in [0.3, 0.4) is 0 Å². The molecule has 2 atom stereocenters. The van der Waals surface area contributed by atoms with Gasteiger partial charge in [-0.05, 0) is 6.92 Å². The molecule has 2 amide bonds. The molecule has 1 aliphatic rings. The maximum Gasteiger partial charge on any atom is 0.406 e. The first-order valence-electron chi connectivity index (χ1n) is 5.87. The largest absolute Gasteiger partial charge is 0.406 e. The summed E-state index contributed by atoms with van der Waals surface area (Å²) in [6.07, 6.45) is -4.67. The van der Waals surface area contributed by atoms with Crippen molar-refractivity contribution in [2.45, 2.75) is 25.6 Å². The van der Waals surface area contributed by atoms with E-state index in [0.29, 0.717) is 4.90 Å². The minimum absolute atomic E-state index is 0.211. The number of rotatable bonds is 4. The predicted octanol–water partition coefficient (Wildman–Crippen LogP) is 0.236. The van der Waals surface area contributed by atoms with Crippen LogP contribution in [0.2, 0.25) is 0 Å². The molecule has 1 fully saturated rings. The standard InChI is InChI=1S/C11H17F3N2O3/c1-7(5-17)15(2)10(19)8-3-9(18)16(4-8)6-11(12,13)14/h7-8,17H,3-6H2,1-2H3. The fraction of sp³-hybridized carbons (Fsp3) is 0.818. The van der Waals surface area contributed by atoms with Gasteiger partial charge in [-0.1, -0.05) is 0 Å². The van der Waals surface area contributed by atoms with Crippen LogP contribution in [0, 0.1) is 5.92 Å². The number of nitrogens with zero attached hydrogens (tertiary/aromatic N) is 2. The third-order valence-electron chi connectivity index (χ3n) is 3.21. The van der Waals surface area contributed by atoms with Gasteiger partial charge in [0.15, 0.2) is 0 Å². The summed E-state index contributed by atoms with van der Waals surface area (Å²) in [6.45, 7) is -0.175. The van der Waals surface area contributed by atoms with E-state index < -0.39 is 36.5 Å². The van der Waals surface area contributed by atoms with Gasteiger partial charge in [0.1, 0.15) is 6.54 Å². The summed E-state index contributed by atoms with van der Waals surface area (Å²) in [5.74, 6) is -1.85. The van der Waals surface area contributed by atoms with Crippen molar-refractivity contribution < 1.29 is 27.9 Å². The maximum atomic E-state index is 12.2. The van der Waals surface area contributed by atoms with Crippen molar-refractivity contribution in [1.29, 1.82) is 0 Å². The highest BCUT2D eigenvalue weighted by molar-refractivity contribution is 5.89. The summed E-state index contributed by atoms with van der Waals surface area (Å²) in [6, 6.07) is -0.431. The summed E-state index contributed by atoms with van der Waals surface area (Å²) in [7, 11) is 1.46. The van der Waals surface area contributed by atoms with Crippen LogP contribution < -0.4 is 0 Å². The van der Waals surface area contributed by atoms with Crippen LogP contribution in [0.15, 0.2) is 0 Å². The molecule has 2 unspecified atom stereocenters. The lowest BCUT2D eigenvalue weighted by Crippen LogP contribution is -2.42. The van der Waals surface area contributed by atoms with Gasteiger partial charge in [0, 0.05) is 20.0 Å². The van der Waals surface area contributed by atoms with Crippen LogP contribution in [-0.4, -0.2) is 65.7 Å². The second-order valence-electron chi connectivity index (χ2n) is 4.77. The first kappa shape index (κ1) is 15.7. The van der Waals surface area contributed by atoms with Gasteiger partial charge in [0.05, 0.1) is 18.6 Å². The van der Waals surface area contributed by atoms with E-state index in [1.54, 1.807) is 6.92 Å². The Kier molecular flexibility index (Phi) is 4.78. The van der Waals surface area contributed by atoms with E-state index in [2.05, 4.69) is 0 Å². The van der Waals surface area contributed by atoms with Crippen molar-refractivity contribution >= 4 is 11.8 Å². The van der Waals surface area contributed by atoms with Crippen molar-refractivity contribution in [1.82, 2.24) is 9.80 Å². The molecule has 1 saturated heterocycles. The van der Waals surface area contributed by atoms with Crippen molar-refractivity contribution in [3.8, 4) is 0 Å². The van der Waals surface area contributed by atoms with Gasteiger partial charge in [-0.25, -0.2) is 0 Å². The quantitative estimate of drug-likeness (QED) is 0.803. The van der Waals surface area contributed by atoms with E-state index in [0.717, 1.165) is 0 Å². The van der Waals surface area contributed by atoms with Crippen molar-refractivity contribution in [3.63, 3.8) is 0 Å². The number of carbonyl (C=O) groups is 2. The Balaban J connectivity index is 2.64. The second-order valence-corrected chi connectivity index (χ2v) is 4.77. The fourth-order valence-electron chi connectivity index (χ4n) is 1.93. The number of aliphatic hydroxyl groups excluding tert-OH is 1. The Morgan fingerprint density at radius 3 is 2.63 bits per heavy atom. The lowest BCUT2D eigenvalue weighted by Gasteiger charge is -2.26. The van der Waals surface area contributed by atoms with E-state index in [9.17, 15) is 22.8 Å². The van der Waals surface area contributed by atoms with E-state index in [-0.39, 0.29) is 19.6 Å². The number of halogens is 3. The van der Waals surface area contributed by atoms with Crippen LogP contribution in [-0.2, 0) is 9.59 Å². The molecule has 0 bridgehead atoms. The molecule has 1 N–H and O–H groups in total. The van der Waals surface area contributed by atoms with Crippen molar-refractivity contribution in [2.24, 2.45) is 5.92 Å². The van der Waals surface area contributed by atoms with Crippen molar-refractivity contribution in [3.05, 3.63) is 0 Å². The molecule has 0 radical (unpaired) electrons. The van der Waals surface area contributed by atoms with Gasteiger partial charge >= 0.3 is 6.18 Å². The van der Waals surface area contributed by atoms with E-state index in [4.69, 9.17) is 5.11 Å². The molecule has 110 valence electrons. The Labute approximate surface area is 109 Å². The number of aliphatic hydroxyl groups is 1. The molecule has 19 heavy (non-hydrogen) atoms. The van der Waals surface area contributed by atoms with Gasteiger partial charge in [0.2, 0.25) is 11.8 Å². The summed E-state index contributed by atoms with van der Waals surface area (Å²) >= 11 is 0. The minimum atomic E-state index is -4.46. The molecule has 0 aromatic carbocycles. The molecule has 8 heteroatoms. The summed E-state index contributed by atoms with van der Waals surface area (Å²) < 4.78 is 36.7. The van der Waals surface area contributed by atoms with Gasteiger partial charge in [-0.2, -0.15) is 13.2 Å². The van der Waals surface area contributed by atoms with Crippen LogP contribution in [0.5, 0.6) is 0 Å². The van der Waals surface area contributed by atoms with Crippen LogP contribution in [0.25, 0.3) is 0 Å². The zero-order valence-electron chi connectivity index (χ0n) is 10.8. The third-order valence-corrected chi connectivity index (χ3v) is 3.21. The number of carbonyl (C=O) groups excluding carboxylic acids is 2. The zero-order valence-corrected chi connectivity index (χ0v) is 10.8. The topological polar surface area (TPSA) is 60.9 Å². The molecule has 1 rings (SSSR count). The second kappa shape index (κ2) is 5.77. The lowest BCUT2D eigenvalue weighted by molar-refractivity contribution is -0.157. The Hall–Kier alpha value is -1.31. The molecule has 0 aliphatic carbocycles. The SMILES string of the molecule is CC(CO)N(C)C(=O)C1CC(=O)N(CC(F)(F)F)C1. The van der Waals surface area contributed by atoms with Gasteiger partial charge in [-0.3, -0.25) is 9.59 Å². The van der Waals surface area contributed by atoms with Crippen molar-refractivity contribution in [2.75, 3.05) is 26.7 Å². The Bertz CT molecular complexity index is 360. The number of likely N-dealkylation sites (N-methyl/N-ethyl adjacent to an activating group) is 1. The molecule has 0 aromatic rings. The zero-order chi connectivity index (χ0) is 14.8. The van der Waals surface area contributed by atoms with Crippen LogP contribution in [0.4, 0.5) is 13.2 Å². The van der Waals surface area contributed by atoms with Crippen LogP contribution in [0.1, 0.15) is 13.3 Å². The Morgan fingerprint density at radius 1 is 1.58 bits per heavy atom. The fourth-order valence-corrected chi connectivity index (χ4v) is 1.93. The molecule has 1 aliphatic heterocycles. The lowest BCUT2D eigenvalue weighted by atomic mass is 10.1. The van der Waals surface area contributed by atoms with Gasteiger partial charge < -0.3 is 14.9 Å². The minimum Gasteiger partial charge on any atom is -0.394 e. The normalized spacial score (nSPS) is 21.7.